The minimum atomic E-state index is -0.350. The third-order valence-electron chi connectivity index (χ3n) is 7.10. The van der Waals surface area contributed by atoms with E-state index in [1.165, 1.54) is 4.90 Å². The molecule has 0 spiro atoms. The second-order valence-electron chi connectivity index (χ2n) is 9.54. The average Bonchev–Trinajstić information content (AvgIpc) is 2.95. The van der Waals surface area contributed by atoms with Crippen LogP contribution < -0.4 is 9.64 Å². The topological polar surface area (TPSA) is 62.3 Å². The van der Waals surface area contributed by atoms with Gasteiger partial charge in [-0.1, -0.05) is 77.3 Å². The van der Waals surface area contributed by atoms with Crippen LogP contribution in [-0.4, -0.2) is 74.7 Å². The first-order chi connectivity index (χ1) is 18.8. The molecule has 0 bridgehead atoms. The van der Waals surface area contributed by atoms with E-state index >= 15 is 0 Å². The zero-order valence-corrected chi connectivity index (χ0v) is 23.7. The molecule has 2 heterocycles. The van der Waals surface area contributed by atoms with Gasteiger partial charge in [-0.15, -0.1) is 0 Å². The van der Waals surface area contributed by atoms with Gasteiger partial charge in [0.2, 0.25) is 5.91 Å². The number of likely N-dealkylation sites (N-methyl/N-ethyl adjacent to an activating group) is 1. The molecule has 2 aliphatic heterocycles. The smallest absolute Gasteiger partial charge is 0.265 e. The molecule has 3 aromatic carbocycles. The van der Waals surface area contributed by atoms with Gasteiger partial charge in [-0.2, -0.15) is 0 Å². The Bertz CT molecular complexity index is 1370. The summed E-state index contributed by atoms with van der Waals surface area (Å²) in [5, 5.41) is 1.16. The highest BCUT2D eigenvalue weighted by molar-refractivity contribution is 6.42. The minimum Gasteiger partial charge on any atom is -0.482 e. The molecule has 1 atom stereocenters. The highest BCUT2D eigenvalue weighted by Gasteiger charge is 2.32. The summed E-state index contributed by atoms with van der Waals surface area (Å²) in [6.45, 7) is 2.99. The molecule has 10 heteroatoms. The lowest BCUT2D eigenvalue weighted by atomic mass is 9.99. The summed E-state index contributed by atoms with van der Waals surface area (Å²) in [7, 11) is 1.75. The third kappa shape index (κ3) is 6.18. The number of rotatable bonds is 7. The predicted octanol–water partition coefficient (Wildman–Crippen LogP) is 5.57. The molecule has 2 amide bonds. The van der Waals surface area contributed by atoms with E-state index in [4.69, 9.17) is 44.3 Å². The molecule has 1 unspecified atom stereocenters. The summed E-state index contributed by atoms with van der Waals surface area (Å²) in [5.41, 5.74) is 3.30. The van der Waals surface area contributed by atoms with Crippen LogP contribution >= 0.6 is 34.8 Å². The molecule has 0 saturated carbocycles. The highest BCUT2D eigenvalue weighted by atomic mass is 35.5. The Morgan fingerprint density at radius 2 is 1.67 bits per heavy atom. The van der Waals surface area contributed by atoms with E-state index in [-0.39, 0.29) is 36.0 Å². The summed E-state index contributed by atoms with van der Waals surface area (Å²) >= 11 is 19.2. The van der Waals surface area contributed by atoms with Crippen LogP contribution in [0.5, 0.6) is 5.75 Å². The van der Waals surface area contributed by atoms with Crippen molar-refractivity contribution in [3.63, 3.8) is 0 Å². The van der Waals surface area contributed by atoms with Crippen molar-refractivity contribution in [2.75, 3.05) is 57.9 Å². The molecule has 5 rings (SSSR count). The number of amides is 2. The van der Waals surface area contributed by atoms with Crippen LogP contribution in [0, 0.1) is 0 Å². The number of hydrogen-bond donors (Lipinski definition) is 0. The van der Waals surface area contributed by atoms with Crippen molar-refractivity contribution in [2.24, 2.45) is 0 Å². The highest BCUT2D eigenvalue weighted by Crippen LogP contribution is 2.39. The molecule has 0 radical (unpaired) electrons. The van der Waals surface area contributed by atoms with Crippen LogP contribution in [0.4, 0.5) is 5.69 Å². The molecule has 3 aromatic rings. The number of anilines is 1. The maximum atomic E-state index is 13.7. The van der Waals surface area contributed by atoms with Crippen LogP contribution in [0.25, 0.3) is 11.1 Å². The van der Waals surface area contributed by atoms with Gasteiger partial charge in [-0.25, -0.2) is 0 Å². The fourth-order valence-corrected chi connectivity index (χ4v) is 5.47. The Morgan fingerprint density at radius 1 is 0.949 bits per heavy atom. The Kier molecular flexibility index (Phi) is 8.64. The van der Waals surface area contributed by atoms with Crippen molar-refractivity contribution in [1.29, 1.82) is 0 Å². The Hall–Kier alpha value is -2.81. The van der Waals surface area contributed by atoms with Crippen molar-refractivity contribution in [1.82, 2.24) is 9.80 Å². The SMILES string of the molecule is CN(C(=O)CN1C(=O)COc2cc(Cl)c(Cl)cc21)C(CN1CCOCC1)c1ccc(-c2ccccc2)cc1Cl. The Morgan fingerprint density at radius 3 is 2.38 bits per heavy atom. The molecular formula is C29H28Cl3N3O4. The van der Waals surface area contributed by atoms with E-state index in [1.807, 2.05) is 48.5 Å². The van der Waals surface area contributed by atoms with Crippen LogP contribution in [0.1, 0.15) is 11.6 Å². The number of hydrogen-bond acceptors (Lipinski definition) is 5. The Balaban J connectivity index is 1.43. The second-order valence-corrected chi connectivity index (χ2v) is 10.8. The summed E-state index contributed by atoms with van der Waals surface area (Å²) in [6.07, 6.45) is 0. The first-order valence-electron chi connectivity index (χ1n) is 12.6. The van der Waals surface area contributed by atoms with E-state index in [1.54, 1.807) is 24.1 Å². The summed E-state index contributed by atoms with van der Waals surface area (Å²) in [4.78, 5) is 31.8. The third-order valence-corrected chi connectivity index (χ3v) is 8.15. The van der Waals surface area contributed by atoms with Crippen molar-refractivity contribution in [3.05, 3.63) is 81.3 Å². The number of ether oxygens (including phenoxy) is 2. The molecule has 1 fully saturated rings. The van der Waals surface area contributed by atoms with Gasteiger partial charge >= 0.3 is 0 Å². The normalized spacial score (nSPS) is 16.4. The lowest BCUT2D eigenvalue weighted by Crippen LogP contribution is -2.48. The molecule has 0 aliphatic carbocycles. The van der Waals surface area contributed by atoms with Gasteiger partial charge in [-0.3, -0.25) is 19.4 Å². The number of fused-ring (bicyclic) bond motifs is 1. The fraction of sp³-hybridized carbons (Fsp3) is 0.310. The van der Waals surface area contributed by atoms with Crippen molar-refractivity contribution in [3.8, 4) is 16.9 Å². The molecule has 7 nitrogen and oxygen atoms in total. The number of carbonyl (C=O) groups is 2. The monoisotopic (exact) mass is 587 g/mol. The van der Waals surface area contributed by atoms with Gasteiger partial charge < -0.3 is 14.4 Å². The lowest BCUT2D eigenvalue weighted by molar-refractivity contribution is -0.133. The molecule has 204 valence electrons. The molecule has 0 N–H and O–H groups in total. The minimum absolute atomic E-state index is 0.178. The first-order valence-corrected chi connectivity index (χ1v) is 13.8. The summed E-state index contributed by atoms with van der Waals surface area (Å²) in [6, 6.07) is 18.7. The Labute approximate surface area is 242 Å². The van der Waals surface area contributed by atoms with Gasteiger partial charge in [-0.05, 0) is 28.8 Å². The van der Waals surface area contributed by atoms with Gasteiger partial charge in [0, 0.05) is 37.8 Å². The zero-order valence-electron chi connectivity index (χ0n) is 21.4. The quantitative estimate of drug-likeness (QED) is 0.361. The van der Waals surface area contributed by atoms with Crippen LogP contribution in [0.3, 0.4) is 0 Å². The standard InChI is InChI=1S/C29H28Cl3N3O4/c1-33(28(36)17-35-25-14-23(31)24(32)15-27(25)39-18-29(35)37)26(16-34-9-11-38-12-10-34)21-8-7-20(13-22(21)30)19-5-3-2-4-6-19/h2-8,13-15,26H,9-12,16-18H2,1H3. The maximum Gasteiger partial charge on any atom is 0.265 e. The van der Waals surface area contributed by atoms with Crippen molar-refractivity contribution < 1.29 is 19.1 Å². The van der Waals surface area contributed by atoms with Crippen LogP contribution in [0.15, 0.2) is 60.7 Å². The first kappa shape index (κ1) is 27.7. The van der Waals surface area contributed by atoms with Gasteiger partial charge in [0.15, 0.2) is 6.61 Å². The fourth-order valence-electron chi connectivity index (χ4n) is 4.86. The molecule has 1 saturated heterocycles. The summed E-state index contributed by atoms with van der Waals surface area (Å²) < 4.78 is 11.1. The van der Waals surface area contributed by atoms with Gasteiger partial charge in [0.1, 0.15) is 12.3 Å². The maximum absolute atomic E-state index is 13.7. The van der Waals surface area contributed by atoms with E-state index in [2.05, 4.69) is 4.90 Å². The largest absolute Gasteiger partial charge is 0.482 e. The van der Waals surface area contributed by atoms with Gasteiger partial charge in [0.25, 0.3) is 5.91 Å². The summed E-state index contributed by atoms with van der Waals surface area (Å²) in [5.74, 6) is -0.176. The molecule has 2 aliphatic rings. The van der Waals surface area contributed by atoms with E-state index in [0.29, 0.717) is 41.2 Å². The molecule has 39 heavy (non-hydrogen) atoms. The van der Waals surface area contributed by atoms with Crippen molar-refractivity contribution in [2.45, 2.75) is 6.04 Å². The zero-order chi connectivity index (χ0) is 27.5. The van der Waals surface area contributed by atoms with E-state index in [9.17, 15) is 9.59 Å². The molecular weight excluding hydrogens is 561 g/mol. The number of halogens is 3. The second kappa shape index (κ2) is 12.1. The predicted molar refractivity (Wildman–Crippen MR) is 154 cm³/mol. The van der Waals surface area contributed by atoms with Crippen LogP contribution in [-0.2, 0) is 14.3 Å². The van der Waals surface area contributed by atoms with Crippen LogP contribution in [0.2, 0.25) is 15.1 Å². The van der Waals surface area contributed by atoms with Gasteiger partial charge in [0.05, 0.1) is 35.0 Å². The number of benzene rings is 3. The van der Waals surface area contributed by atoms with E-state index in [0.717, 1.165) is 29.8 Å². The number of nitrogens with zero attached hydrogens (tertiary/aromatic N) is 3. The number of morpholine rings is 1. The van der Waals surface area contributed by atoms with E-state index < -0.39 is 0 Å². The molecule has 0 aromatic heterocycles. The average molecular weight is 589 g/mol. The number of carbonyl (C=O) groups excluding carboxylic acids is 2. The van der Waals surface area contributed by atoms with Crippen molar-refractivity contribution >= 4 is 52.3 Å². The lowest BCUT2D eigenvalue weighted by Gasteiger charge is -2.37.